The van der Waals surface area contributed by atoms with Crippen LogP contribution in [0.4, 0.5) is 0 Å². The van der Waals surface area contributed by atoms with E-state index in [4.69, 9.17) is 20.9 Å². The van der Waals surface area contributed by atoms with E-state index in [1.165, 1.54) is 0 Å². The number of hydrogen-bond donors (Lipinski definition) is 1. The number of carbonyl (C=O) groups is 2. The van der Waals surface area contributed by atoms with Gasteiger partial charge in [0.15, 0.2) is 0 Å². The highest BCUT2D eigenvalue weighted by atomic mass is 35.5. The fourth-order valence-corrected chi connectivity index (χ4v) is 4.03. The van der Waals surface area contributed by atoms with Gasteiger partial charge in [0.05, 0.1) is 23.9 Å². The number of rotatable bonds is 4. The molecule has 0 radical (unpaired) electrons. The molecule has 1 N–H and O–H groups in total. The summed E-state index contributed by atoms with van der Waals surface area (Å²) in [7, 11) is 0. The van der Waals surface area contributed by atoms with E-state index in [2.05, 4.69) is 15.5 Å². The first-order valence-electron chi connectivity index (χ1n) is 8.64. The summed E-state index contributed by atoms with van der Waals surface area (Å²) < 4.78 is 10.7. The van der Waals surface area contributed by atoms with Crippen LogP contribution in [0.3, 0.4) is 0 Å². The summed E-state index contributed by atoms with van der Waals surface area (Å²) in [4.78, 5) is 28.6. The van der Waals surface area contributed by atoms with E-state index < -0.39 is 11.5 Å². The highest BCUT2D eigenvalue weighted by molar-refractivity contribution is 6.33. The largest absolute Gasteiger partial charge is 0.458 e. The van der Waals surface area contributed by atoms with E-state index in [9.17, 15) is 9.59 Å². The molecule has 26 heavy (non-hydrogen) atoms. The van der Waals surface area contributed by atoms with E-state index in [-0.39, 0.29) is 30.7 Å². The quantitative estimate of drug-likeness (QED) is 0.826. The molecular weight excluding hydrogens is 358 g/mol. The summed E-state index contributed by atoms with van der Waals surface area (Å²) in [6.45, 7) is 0.0943. The Hall–Kier alpha value is -2.41. The van der Waals surface area contributed by atoms with Crippen molar-refractivity contribution in [2.24, 2.45) is 5.92 Å². The Balaban J connectivity index is 1.42. The number of esters is 1. The molecular formula is C18H18ClN3O4. The Morgan fingerprint density at radius 2 is 2.08 bits per heavy atom. The molecule has 1 atom stereocenters. The summed E-state index contributed by atoms with van der Waals surface area (Å²) in [5.41, 5.74) is 0.0360. The Kier molecular flexibility index (Phi) is 4.40. The zero-order valence-corrected chi connectivity index (χ0v) is 14.8. The summed E-state index contributed by atoms with van der Waals surface area (Å²) in [6, 6.07) is 7.18. The van der Waals surface area contributed by atoms with Crippen LogP contribution in [0.1, 0.15) is 38.0 Å². The highest BCUT2D eigenvalue weighted by Gasteiger charge is 2.53. The molecule has 1 unspecified atom stereocenters. The highest BCUT2D eigenvalue weighted by Crippen LogP contribution is 2.45. The second kappa shape index (κ2) is 6.72. The normalized spacial score (nSPS) is 21.1. The van der Waals surface area contributed by atoms with Crippen LogP contribution in [0.2, 0.25) is 5.02 Å². The zero-order chi connectivity index (χ0) is 18.1. The van der Waals surface area contributed by atoms with Crippen molar-refractivity contribution < 1.29 is 18.8 Å². The number of nitrogens with one attached hydrogen (secondary N) is 1. The molecule has 1 aliphatic heterocycles. The molecule has 2 heterocycles. The van der Waals surface area contributed by atoms with Crippen molar-refractivity contribution in [3.05, 3.63) is 35.2 Å². The van der Waals surface area contributed by atoms with E-state index >= 15 is 0 Å². The number of nitrogens with zero attached hydrogens (tertiary/aromatic N) is 2. The maximum Gasteiger partial charge on any atom is 0.307 e. The van der Waals surface area contributed by atoms with Gasteiger partial charge in [0.2, 0.25) is 17.6 Å². The fraction of sp³-hybridized carbons (Fsp3) is 0.444. The van der Waals surface area contributed by atoms with Gasteiger partial charge in [-0.25, -0.2) is 0 Å². The van der Waals surface area contributed by atoms with E-state index in [0.29, 0.717) is 16.4 Å². The van der Waals surface area contributed by atoms with Gasteiger partial charge >= 0.3 is 5.97 Å². The lowest BCUT2D eigenvalue weighted by Gasteiger charge is -2.27. The third-order valence-electron chi connectivity index (χ3n) is 5.09. The second-order valence-electron chi connectivity index (χ2n) is 6.71. The predicted molar refractivity (Wildman–Crippen MR) is 92.0 cm³/mol. The summed E-state index contributed by atoms with van der Waals surface area (Å²) in [5, 5.41) is 7.22. The van der Waals surface area contributed by atoms with Crippen molar-refractivity contribution in [1.82, 2.24) is 15.5 Å². The minimum atomic E-state index is -0.626. The molecule has 4 rings (SSSR count). The van der Waals surface area contributed by atoms with Crippen LogP contribution in [0, 0.1) is 5.92 Å². The van der Waals surface area contributed by atoms with Crippen molar-refractivity contribution in [2.75, 3.05) is 0 Å². The van der Waals surface area contributed by atoms with Crippen molar-refractivity contribution in [2.45, 2.75) is 44.2 Å². The lowest BCUT2D eigenvalue weighted by atomic mass is 9.85. The van der Waals surface area contributed by atoms with Crippen molar-refractivity contribution >= 4 is 23.5 Å². The smallest absolute Gasteiger partial charge is 0.307 e. The Morgan fingerprint density at radius 1 is 1.31 bits per heavy atom. The van der Waals surface area contributed by atoms with Gasteiger partial charge < -0.3 is 14.6 Å². The van der Waals surface area contributed by atoms with Crippen LogP contribution in [0.15, 0.2) is 28.8 Å². The molecule has 2 fully saturated rings. The number of halogens is 1. The molecule has 1 aromatic carbocycles. The van der Waals surface area contributed by atoms with Crippen LogP contribution in [0.25, 0.3) is 11.4 Å². The van der Waals surface area contributed by atoms with Crippen molar-refractivity contribution in [3.63, 3.8) is 0 Å². The summed E-state index contributed by atoms with van der Waals surface area (Å²) >= 11 is 6.13. The monoisotopic (exact) mass is 375 g/mol. The number of ether oxygens (including phenoxy) is 1. The summed E-state index contributed by atoms with van der Waals surface area (Å²) in [5.74, 6) is -0.324. The van der Waals surface area contributed by atoms with Crippen LogP contribution in [-0.2, 0) is 20.9 Å². The third kappa shape index (κ3) is 3.07. The van der Waals surface area contributed by atoms with Crippen LogP contribution in [0.5, 0.6) is 0 Å². The number of benzene rings is 1. The van der Waals surface area contributed by atoms with Crippen molar-refractivity contribution in [1.29, 1.82) is 0 Å². The number of amides is 1. The molecule has 1 saturated carbocycles. The molecule has 8 heteroatoms. The average Bonchev–Trinajstić information content (AvgIpc) is 3.34. The SMILES string of the molecule is O=C1CC(C(=O)NCc2nc(-c3ccccc3Cl)no2)C2(CCCC2)O1. The van der Waals surface area contributed by atoms with Gasteiger partial charge in [0, 0.05) is 5.56 Å². The topological polar surface area (TPSA) is 94.3 Å². The average molecular weight is 376 g/mol. The van der Waals surface area contributed by atoms with E-state index in [1.54, 1.807) is 12.1 Å². The molecule has 1 aromatic heterocycles. The number of aromatic nitrogens is 2. The Labute approximate surface area is 155 Å². The van der Waals surface area contributed by atoms with Crippen LogP contribution < -0.4 is 5.32 Å². The van der Waals surface area contributed by atoms with Crippen LogP contribution >= 0.6 is 11.6 Å². The second-order valence-corrected chi connectivity index (χ2v) is 7.12. The third-order valence-corrected chi connectivity index (χ3v) is 5.42. The zero-order valence-electron chi connectivity index (χ0n) is 14.0. The lowest BCUT2D eigenvalue weighted by molar-refractivity contribution is -0.150. The molecule has 1 spiro atoms. The molecule has 1 amide bonds. The minimum absolute atomic E-state index is 0.0943. The van der Waals surface area contributed by atoms with Gasteiger partial charge in [-0.05, 0) is 37.8 Å². The van der Waals surface area contributed by atoms with Crippen LogP contribution in [-0.4, -0.2) is 27.6 Å². The standard InChI is InChI=1S/C18H18ClN3O4/c19-13-6-2-1-5-11(13)16-21-14(26-22-16)10-20-17(24)12-9-15(23)25-18(12)7-3-4-8-18/h1-2,5-6,12H,3-4,7-10H2,(H,20,24). The van der Waals surface area contributed by atoms with Gasteiger partial charge in [-0.1, -0.05) is 28.9 Å². The molecule has 0 bridgehead atoms. The summed E-state index contributed by atoms with van der Waals surface area (Å²) in [6.07, 6.45) is 3.56. The molecule has 1 aliphatic carbocycles. The van der Waals surface area contributed by atoms with Gasteiger partial charge in [0.1, 0.15) is 5.60 Å². The minimum Gasteiger partial charge on any atom is -0.458 e. The number of carbonyl (C=O) groups excluding carboxylic acids is 2. The van der Waals surface area contributed by atoms with E-state index in [1.807, 2.05) is 12.1 Å². The Bertz CT molecular complexity index is 844. The Morgan fingerprint density at radius 3 is 2.85 bits per heavy atom. The van der Waals surface area contributed by atoms with Gasteiger partial charge in [-0.2, -0.15) is 4.98 Å². The van der Waals surface area contributed by atoms with Gasteiger partial charge in [-0.15, -0.1) is 0 Å². The van der Waals surface area contributed by atoms with Gasteiger partial charge in [-0.3, -0.25) is 9.59 Å². The molecule has 136 valence electrons. The molecule has 2 aromatic rings. The van der Waals surface area contributed by atoms with E-state index in [0.717, 1.165) is 25.7 Å². The first kappa shape index (κ1) is 17.0. The first-order valence-corrected chi connectivity index (χ1v) is 9.02. The molecule has 7 nitrogen and oxygen atoms in total. The van der Waals surface area contributed by atoms with Gasteiger partial charge in [0.25, 0.3) is 0 Å². The maximum absolute atomic E-state index is 12.6. The molecule has 2 aliphatic rings. The first-order chi connectivity index (χ1) is 12.6. The predicted octanol–water partition coefficient (Wildman–Crippen LogP) is 2.88. The molecule has 1 saturated heterocycles. The maximum atomic E-state index is 12.6. The fourth-order valence-electron chi connectivity index (χ4n) is 3.81. The van der Waals surface area contributed by atoms with Crippen molar-refractivity contribution in [3.8, 4) is 11.4 Å². The lowest BCUT2D eigenvalue weighted by Crippen LogP contribution is -2.42. The number of hydrogen-bond acceptors (Lipinski definition) is 6.